The number of allylic oxidation sites excluding steroid dienone is 2. The van der Waals surface area contributed by atoms with Crippen molar-refractivity contribution in [3.63, 3.8) is 0 Å². The molecule has 0 fully saturated rings. The number of hydrogen-bond acceptors (Lipinski definition) is 10. The van der Waals surface area contributed by atoms with Crippen LogP contribution in [0.5, 0.6) is 11.5 Å². The number of ether oxygens (including phenoxy) is 4. The molecule has 4 rings (SSSR count). The number of anilines is 1. The Kier molecular flexibility index (Phi) is 12.0. The molecule has 0 bridgehead atoms. The predicted octanol–water partition coefficient (Wildman–Crippen LogP) is 3.72. The zero-order valence-electron chi connectivity index (χ0n) is 23.9. The third-order valence-electron chi connectivity index (χ3n) is 6.47. The molecule has 0 radical (unpaired) electrons. The monoisotopic (exact) mass is 742 g/mol. The van der Waals surface area contributed by atoms with Crippen molar-refractivity contribution in [2.75, 3.05) is 45.6 Å². The first-order chi connectivity index (χ1) is 19.2. The van der Waals surface area contributed by atoms with Crippen LogP contribution < -0.4 is 22.7 Å². The SMILES string of the molecule is CCC(=Cc1sc2c([n+]1CC)[Te]C(OC)C(OC)=C2)C=C1Sc2cc(OC)c(OC)cc2N1CCCS(=O)(=O)O.[OH-]. The molecule has 2 N–H and O–H groups in total. The molecule has 2 aliphatic heterocycles. The Morgan fingerprint density at radius 1 is 1.15 bits per heavy atom. The topological polar surface area (TPSA) is 128 Å². The molecular formula is C27H36N2O8S3Te. The van der Waals surface area contributed by atoms with E-state index < -0.39 is 31.0 Å². The average molecular weight is 740 g/mol. The van der Waals surface area contributed by atoms with Crippen LogP contribution in [0.3, 0.4) is 0 Å². The summed E-state index contributed by atoms with van der Waals surface area (Å²) in [7, 11) is 2.58. The van der Waals surface area contributed by atoms with Crippen molar-refractivity contribution < 1.29 is 42.0 Å². The Balaban J connectivity index is 0.00000462. The minimum atomic E-state index is -4.05. The standard InChI is InChI=1S/C27H34N2O7S3Te.H2O/c1-7-17(12-24-28(8-2)26-23(38-24)16-21(35-5)27(36-6)40-26)13-25-29(10-9-11-39(30,31)32)18-14-19(33-3)20(34-4)15-22(18)37-25;/h12-16,27H,7-11H2,1-6H3;1H2. The van der Waals surface area contributed by atoms with E-state index in [1.54, 1.807) is 51.5 Å². The number of thioether (sulfide) groups is 1. The molecule has 10 nitrogen and oxygen atoms in total. The van der Waals surface area contributed by atoms with Gasteiger partial charge in [0.2, 0.25) is 0 Å². The van der Waals surface area contributed by atoms with Crippen molar-refractivity contribution in [1.29, 1.82) is 0 Å². The van der Waals surface area contributed by atoms with Crippen LogP contribution in [-0.4, -0.2) is 84.3 Å². The Morgan fingerprint density at radius 3 is 2.44 bits per heavy atom. The molecule has 0 spiro atoms. The van der Waals surface area contributed by atoms with Gasteiger partial charge in [0.05, 0.1) is 14.2 Å². The summed E-state index contributed by atoms with van der Waals surface area (Å²) in [5.41, 5.74) is 2.07. The van der Waals surface area contributed by atoms with E-state index in [2.05, 4.69) is 41.5 Å². The van der Waals surface area contributed by atoms with Gasteiger partial charge in [0.15, 0.2) is 0 Å². The number of aromatic nitrogens is 1. The molecule has 14 heteroatoms. The summed E-state index contributed by atoms with van der Waals surface area (Å²) in [5, 5.41) is 2.16. The fourth-order valence-corrected chi connectivity index (χ4v) is 11.3. The van der Waals surface area contributed by atoms with E-state index in [1.165, 1.54) is 13.6 Å². The molecule has 0 amide bonds. The number of benzene rings is 1. The number of hydrogen-bond donors (Lipinski definition) is 1. The molecular weight excluding hydrogens is 704 g/mol. The number of rotatable bonds is 12. The number of thiazole rings is 1. The summed E-state index contributed by atoms with van der Waals surface area (Å²) in [6.07, 6.45) is 7.62. The minimum Gasteiger partial charge on any atom is -0.870 e. The van der Waals surface area contributed by atoms with Gasteiger partial charge in [-0.15, -0.1) is 0 Å². The Labute approximate surface area is 260 Å². The fourth-order valence-electron chi connectivity index (χ4n) is 4.48. The Hall–Kier alpha value is -1.76. The van der Waals surface area contributed by atoms with Crippen LogP contribution in [0.25, 0.3) is 12.2 Å². The van der Waals surface area contributed by atoms with Gasteiger partial charge >= 0.3 is 229 Å². The van der Waals surface area contributed by atoms with Crippen molar-refractivity contribution in [3.8, 4) is 11.5 Å². The van der Waals surface area contributed by atoms with E-state index in [-0.39, 0.29) is 21.8 Å². The molecule has 1 aromatic carbocycles. The van der Waals surface area contributed by atoms with Gasteiger partial charge in [0, 0.05) is 0 Å². The van der Waals surface area contributed by atoms with Crippen LogP contribution in [0.1, 0.15) is 36.6 Å². The van der Waals surface area contributed by atoms with Crippen LogP contribution in [0.4, 0.5) is 5.69 Å². The first-order valence-electron chi connectivity index (χ1n) is 12.8. The first kappa shape index (κ1) is 33.7. The fraction of sp³-hybridized carbons (Fsp3) is 0.444. The van der Waals surface area contributed by atoms with Gasteiger partial charge in [-0.25, -0.2) is 0 Å². The summed E-state index contributed by atoms with van der Waals surface area (Å²) in [4.78, 5) is 4.32. The molecule has 0 saturated carbocycles. The molecule has 2 aromatic rings. The van der Waals surface area contributed by atoms with Crippen molar-refractivity contribution in [2.45, 2.75) is 42.3 Å². The third kappa shape index (κ3) is 7.61. The van der Waals surface area contributed by atoms with Crippen LogP contribution in [0.15, 0.2) is 39.5 Å². The Bertz CT molecular complexity index is 1450. The summed E-state index contributed by atoms with van der Waals surface area (Å²) in [5.74, 6) is 1.82. The number of fused-ring (bicyclic) bond motifs is 2. The second kappa shape index (κ2) is 14.6. The summed E-state index contributed by atoms with van der Waals surface area (Å²) in [6, 6.07) is 3.86. The van der Waals surface area contributed by atoms with Gasteiger partial charge in [-0.05, 0) is 0 Å². The second-order valence-electron chi connectivity index (χ2n) is 8.91. The molecule has 1 atom stereocenters. The van der Waals surface area contributed by atoms with E-state index in [0.29, 0.717) is 18.0 Å². The average Bonchev–Trinajstić information content (AvgIpc) is 3.45. The number of nitrogens with zero attached hydrogens (tertiary/aromatic N) is 2. The molecule has 1 unspecified atom stereocenters. The zero-order valence-corrected chi connectivity index (χ0v) is 28.7. The van der Waals surface area contributed by atoms with E-state index in [9.17, 15) is 13.0 Å². The van der Waals surface area contributed by atoms with Crippen molar-refractivity contribution in [2.24, 2.45) is 0 Å². The van der Waals surface area contributed by atoms with E-state index in [0.717, 1.165) is 39.9 Å². The van der Waals surface area contributed by atoms with Crippen molar-refractivity contribution >= 4 is 75.7 Å². The smallest absolute Gasteiger partial charge is 0.870 e. The molecule has 226 valence electrons. The molecule has 1 aromatic heterocycles. The van der Waals surface area contributed by atoms with Gasteiger partial charge in [-0.2, -0.15) is 8.42 Å². The minimum absolute atomic E-state index is 0. The summed E-state index contributed by atoms with van der Waals surface area (Å²) in [6.45, 7) is 5.59. The van der Waals surface area contributed by atoms with Crippen molar-refractivity contribution in [1.82, 2.24) is 0 Å². The predicted molar refractivity (Wildman–Crippen MR) is 163 cm³/mol. The first-order valence-corrected chi connectivity index (χ1v) is 18.5. The maximum atomic E-state index is 11.4. The zero-order chi connectivity index (χ0) is 29.0. The van der Waals surface area contributed by atoms with E-state index >= 15 is 0 Å². The quantitative estimate of drug-likeness (QED) is 0.196. The molecule has 41 heavy (non-hydrogen) atoms. The van der Waals surface area contributed by atoms with Gasteiger partial charge in [-0.1, -0.05) is 0 Å². The second-order valence-corrected chi connectivity index (χ2v) is 15.6. The number of methoxy groups -OCH3 is 4. The van der Waals surface area contributed by atoms with Gasteiger partial charge < -0.3 is 5.48 Å². The molecule has 0 aliphatic carbocycles. The van der Waals surface area contributed by atoms with Gasteiger partial charge in [0.25, 0.3) is 0 Å². The van der Waals surface area contributed by atoms with Crippen LogP contribution in [0, 0.1) is 0 Å². The summed E-state index contributed by atoms with van der Waals surface area (Å²) < 4.78 is 58.3. The van der Waals surface area contributed by atoms with Crippen LogP contribution in [0.2, 0.25) is 0 Å². The van der Waals surface area contributed by atoms with Gasteiger partial charge in [0.1, 0.15) is 0 Å². The van der Waals surface area contributed by atoms with E-state index in [4.69, 9.17) is 18.9 Å². The van der Waals surface area contributed by atoms with Gasteiger partial charge in [-0.3, -0.25) is 4.55 Å². The molecule has 3 heterocycles. The Morgan fingerprint density at radius 2 is 1.85 bits per heavy atom. The van der Waals surface area contributed by atoms with Crippen molar-refractivity contribution in [3.05, 3.63) is 44.5 Å². The normalized spacial score (nSPS) is 17.6. The third-order valence-corrected chi connectivity index (χ3v) is 13.6. The van der Waals surface area contributed by atoms with E-state index in [1.807, 2.05) is 12.1 Å². The van der Waals surface area contributed by atoms with Crippen LogP contribution >= 0.6 is 23.1 Å². The summed E-state index contributed by atoms with van der Waals surface area (Å²) >= 11 is 2.73. The molecule has 0 saturated heterocycles. The van der Waals surface area contributed by atoms with Crippen LogP contribution in [-0.2, 0) is 26.1 Å². The maximum absolute atomic E-state index is 11.4. The molecule has 2 aliphatic rings.